The molecule has 0 saturated heterocycles. The second-order valence-electron chi connectivity index (χ2n) is 5.16. The van der Waals surface area contributed by atoms with Gasteiger partial charge in [0.1, 0.15) is 5.75 Å². The molecule has 1 saturated carbocycles. The number of phenolic OH excluding ortho intramolecular Hbond substituents is 1. The third-order valence-electron chi connectivity index (χ3n) is 3.65. The molecular weight excluding hydrogens is 324 g/mol. The van der Waals surface area contributed by atoms with Gasteiger partial charge in [0, 0.05) is 6.04 Å². The highest BCUT2D eigenvalue weighted by Gasteiger charge is 2.33. The zero-order valence-electron chi connectivity index (χ0n) is 11.1. The van der Waals surface area contributed by atoms with Gasteiger partial charge in [0.25, 0.3) is 5.91 Å². The predicted octanol–water partition coefficient (Wildman–Crippen LogP) is 1.85. The van der Waals surface area contributed by atoms with E-state index in [0.29, 0.717) is 10.9 Å². The largest absolute Gasteiger partial charge is 0.506 e. The van der Waals surface area contributed by atoms with Gasteiger partial charge in [-0.25, -0.2) is 0 Å². The van der Waals surface area contributed by atoms with Crippen molar-refractivity contribution in [2.24, 2.45) is 11.7 Å². The van der Waals surface area contributed by atoms with Gasteiger partial charge in [0.15, 0.2) is 0 Å². The molecule has 0 bridgehead atoms. The van der Waals surface area contributed by atoms with Gasteiger partial charge in [-0.15, -0.1) is 0 Å². The monoisotopic (exact) mass is 340 g/mol. The molecule has 6 heteroatoms. The van der Waals surface area contributed by atoms with Gasteiger partial charge in [-0.05, 0) is 53.4 Å². The molecule has 0 spiro atoms. The average Bonchev–Trinajstić information content (AvgIpc) is 2.81. The summed E-state index contributed by atoms with van der Waals surface area (Å²) in [6.07, 6.45) is 2.29. The summed E-state index contributed by atoms with van der Waals surface area (Å²) < 4.78 is 0.473. The van der Waals surface area contributed by atoms with Crippen LogP contribution < -0.4 is 11.1 Å². The quantitative estimate of drug-likeness (QED) is 0.783. The average molecular weight is 341 g/mol. The van der Waals surface area contributed by atoms with Crippen molar-refractivity contribution in [1.82, 2.24) is 5.32 Å². The summed E-state index contributed by atoms with van der Waals surface area (Å²) in [6, 6.07) is 3.09. The Morgan fingerprint density at radius 1 is 1.40 bits per heavy atom. The highest BCUT2D eigenvalue weighted by Crippen LogP contribution is 2.30. The molecule has 0 unspecified atom stereocenters. The number of carbonyl (C=O) groups is 2. The van der Waals surface area contributed by atoms with E-state index < -0.39 is 0 Å². The van der Waals surface area contributed by atoms with Crippen LogP contribution in [0, 0.1) is 12.8 Å². The number of carbonyl (C=O) groups excluding carboxylic acids is 2. The Morgan fingerprint density at radius 3 is 2.75 bits per heavy atom. The molecule has 2 atom stereocenters. The molecule has 1 aromatic rings. The molecule has 108 valence electrons. The van der Waals surface area contributed by atoms with E-state index >= 15 is 0 Å². The molecular formula is C14H17BrN2O3. The van der Waals surface area contributed by atoms with E-state index in [1.54, 1.807) is 12.1 Å². The number of nitrogens with two attached hydrogens (primary N) is 1. The lowest BCUT2D eigenvalue weighted by atomic mass is 10.0. The van der Waals surface area contributed by atoms with Crippen molar-refractivity contribution in [3.05, 3.63) is 27.7 Å². The second kappa shape index (κ2) is 5.83. The highest BCUT2D eigenvalue weighted by molar-refractivity contribution is 9.10. The molecule has 20 heavy (non-hydrogen) atoms. The van der Waals surface area contributed by atoms with Crippen LogP contribution in [0.1, 0.15) is 35.2 Å². The topological polar surface area (TPSA) is 92.4 Å². The number of aryl methyl sites for hydroxylation is 1. The Labute approximate surface area is 125 Å². The molecule has 0 aromatic heterocycles. The predicted molar refractivity (Wildman–Crippen MR) is 78.3 cm³/mol. The fraction of sp³-hybridized carbons (Fsp3) is 0.429. The third-order valence-corrected chi connectivity index (χ3v) is 4.25. The fourth-order valence-corrected chi connectivity index (χ4v) is 3.20. The summed E-state index contributed by atoms with van der Waals surface area (Å²) in [6.45, 7) is 1.84. The Morgan fingerprint density at radius 2 is 2.10 bits per heavy atom. The molecule has 2 amide bonds. The van der Waals surface area contributed by atoms with Gasteiger partial charge >= 0.3 is 0 Å². The van der Waals surface area contributed by atoms with E-state index in [1.165, 1.54) is 0 Å². The van der Waals surface area contributed by atoms with Crippen molar-refractivity contribution in [2.45, 2.75) is 32.2 Å². The molecule has 1 aromatic carbocycles. The van der Waals surface area contributed by atoms with Crippen LogP contribution in [-0.4, -0.2) is 23.0 Å². The minimum absolute atomic E-state index is 0.0956. The van der Waals surface area contributed by atoms with E-state index in [9.17, 15) is 14.7 Å². The van der Waals surface area contributed by atoms with E-state index in [2.05, 4.69) is 21.2 Å². The van der Waals surface area contributed by atoms with E-state index in [-0.39, 0.29) is 35.1 Å². The van der Waals surface area contributed by atoms with Crippen molar-refractivity contribution in [1.29, 1.82) is 0 Å². The summed E-state index contributed by atoms with van der Waals surface area (Å²) >= 11 is 3.21. The van der Waals surface area contributed by atoms with Crippen LogP contribution in [0.15, 0.2) is 16.6 Å². The lowest BCUT2D eigenvalue weighted by molar-refractivity contribution is -0.122. The lowest BCUT2D eigenvalue weighted by Crippen LogP contribution is -2.42. The zero-order chi connectivity index (χ0) is 14.9. The number of halogens is 1. The Kier molecular flexibility index (Phi) is 4.32. The summed E-state index contributed by atoms with van der Waals surface area (Å²) in [7, 11) is 0. The smallest absolute Gasteiger partial charge is 0.255 e. The molecule has 1 fully saturated rings. The maximum absolute atomic E-state index is 12.3. The van der Waals surface area contributed by atoms with Gasteiger partial charge in [-0.2, -0.15) is 0 Å². The molecule has 0 heterocycles. The first-order valence-electron chi connectivity index (χ1n) is 6.49. The Hall–Kier alpha value is -1.56. The highest BCUT2D eigenvalue weighted by atomic mass is 79.9. The maximum atomic E-state index is 12.3. The minimum Gasteiger partial charge on any atom is -0.506 e. The number of nitrogens with one attached hydrogen (secondary N) is 1. The SMILES string of the molecule is Cc1cc(Br)c(O)c(C(=O)N[C@H]2CCC[C@H]2C(N)=O)c1. The van der Waals surface area contributed by atoms with Crippen LogP contribution >= 0.6 is 15.9 Å². The first-order chi connectivity index (χ1) is 9.40. The van der Waals surface area contributed by atoms with Crippen LogP contribution in [0.4, 0.5) is 0 Å². The molecule has 4 N–H and O–H groups in total. The lowest BCUT2D eigenvalue weighted by Gasteiger charge is -2.19. The number of rotatable bonds is 3. The second-order valence-corrected chi connectivity index (χ2v) is 6.02. The first-order valence-corrected chi connectivity index (χ1v) is 7.28. The van der Waals surface area contributed by atoms with E-state index in [0.717, 1.165) is 18.4 Å². The number of benzene rings is 1. The van der Waals surface area contributed by atoms with Crippen molar-refractivity contribution in [3.63, 3.8) is 0 Å². The summed E-state index contributed by atoms with van der Waals surface area (Å²) in [4.78, 5) is 23.6. The van der Waals surface area contributed by atoms with Gasteiger partial charge in [0.2, 0.25) is 5.91 Å². The number of aromatic hydroxyl groups is 1. The number of hydrogen-bond acceptors (Lipinski definition) is 3. The van der Waals surface area contributed by atoms with Gasteiger partial charge < -0.3 is 16.2 Å². The fourth-order valence-electron chi connectivity index (χ4n) is 2.63. The summed E-state index contributed by atoms with van der Waals surface area (Å²) in [5.41, 5.74) is 6.39. The Balaban J connectivity index is 2.18. The van der Waals surface area contributed by atoms with Crippen molar-refractivity contribution >= 4 is 27.7 Å². The number of primary amides is 1. The number of amides is 2. The normalized spacial score (nSPS) is 21.7. The van der Waals surface area contributed by atoms with Gasteiger partial charge in [-0.1, -0.05) is 6.42 Å². The van der Waals surface area contributed by atoms with Crippen LogP contribution in [0.25, 0.3) is 0 Å². The van der Waals surface area contributed by atoms with Crippen LogP contribution in [-0.2, 0) is 4.79 Å². The molecule has 2 rings (SSSR count). The summed E-state index contributed by atoms with van der Waals surface area (Å²) in [5.74, 6) is -1.19. The molecule has 0 radical (unpaired) electrons. The van der Waals surface area contributed by atoms with Gasteiger partial charge in [-0.3, -0.25) is 9.59 Å². The van der Waals surface area contributed by atoms with Crippen molar-refractivity contribution in [3.8, 4) is 5.75 Å². The first kappa shape index (κ1) is 14.8. The van der Waals surface area contributed by atoms with Crippen LogP contribution in [0.3, 0.4) is 0 Å². The van der Waals surface area contributed by atoms with Crippen molar-refractivity contribution < 1.29 is 14.7 Å². The van der Waals surface area contributed by atoms with E-state index in [4.69, 9.17) is 5.73 Å². The van der Waals surface area contributed by atoms with Crippen molar-refractivity contribution in [2.75, 3.05) is 0 Å². The van der Waals surface area contributed by atoms with Crippen LogP contribution in [0.5, 0.6) is 5.75 Å². The molecule has 0 aliphatic heterocycles. The van der Waals surface area contributed by atoms with Gasteiger partial charge in [0.05, 0.1) is 16.0 Å². The number of hydrogen-bond donors (Lipinski definition) is 3. The Bertz CT molecular complexity index is 560. The maximum Gasteiger partial charge on any atom is 0.255 e. The molecule has 5 nitrogen and oxygen atoms in total. The van der Waals surface area contributed by atoms with E-state index in [1.807, 2.05) is 6.92 Å². The number of phenols is 1. The minimum atomic E-state index is -0.387. The standard InChI is InChI=1S/C14H17BrN2O3/c1-7-5-9(12(18)10(15)6-7)14(20)17-11-4-2-3-8(11)13(16)19/h5-6,8,11,18H,2-4H2,1H3,(H2,16,19)(H,17,20)/t8-,11+/m1/s1. The van der Waals surface area contributed by atoms with Crippen LogP contribution in [0.2, 0.25) is 0 Å². The molecule has 1 aliphatic carbocycles. The zero-order valence-corrected chi connectivity index (χ0v) is 12.7. The summed E-state index contributed by atoms with van der Waals surface area (Å²) in [5, 5.41) is 12.7. The third kappa shape index (κ3) is 2.95. The molecule has 1 aliphatic rings.